The minimum atomic E-state index is 0.0505. The molecule has 0 radical (unpaired) electrons. The number of likely N-dealkylation sites (tertiary alicyclic amines) is 1. The van der Waals surface area contributed by atoms with E-state index in [2.05, 4.69) is 53.7 Å². The minimum absolute atomic E-state index is 0.0505. The number of thioether (sulfide) groups is 1. The van der Waals surface area contributed by atoms with Crippen molar-refractivity contribution in [3.63, 3.8) is 0 Å². The van der Waals surface area contributed by atoms with E-state index in [1.807, 2.05) is 6.07 Å². The number of carbonyl (C=O) groups excluding carboxylic acids is 1. The summed E-state index contributed by atoms with van der Waals surface area (Å²) in [6, 6.07) is 6.40. The molecule has 0 bridgehead atoms. The standard InChI is InChI=1S/C18H26N6OS/c1-4-23-9-7-15(8-10-23)19-17(25)12-26-18-20-21-22-24(18)16-6-5-13(2)14(3)11-16/h5-6,11,15H,4,7-10,12H2,1-3H3,(H,19,25)/p+1. The molecule has 2 heterocycles. The van der Waals surface area contributed by atoms with Crippen molar-refractivity contribution < 1.29 is 9.69 Å². The number of hydrogen-bond acceptors (Lipinski definition) is 5. The van der Waals surface area contributed by atoms with E-state index in [0.717, 1.165) is 38.2 Å². The van der Waals surface area contributed by atoms with E-state index in [0.29, 0.717) is 17.0 Å². The highest BCUT2D eigenvalue weighted by Gasteiger charge is 2.22. The maximum atomic E-state index is 12.3. The first-order valence-corrected chi connectivity index (χ1v) is 10.2. The molecule has 1 aromatic heterocycles. The van der Waals surface area contributed by atoms with Crippen LogP contribution in [0.4, 0.5) is 0 Å². The number of rotatable bonds is 6. The fraction of sp³-hybridized carbons (Fsp3) is 0.556. The minimum Gasteiger partial charge on any atom is -0.352 e. The molecule has 0 aliphatic carbocycles. The van der Waals surface area contributed by atoms with Crippen molar-refractivity contribution in [2.45, 2.75) is 44.8 Å². The first-order chi connectivity index (χ1) is 12.6. The van der Waals surface area contributed by atoms with Crippen LogP contribution < -0.4 is 10.2 Å². The number of amides is 1. The Morgan fingerprint density at radius 2 is 2.08 bits per heavy atom. The van der Waals surface area contributed by atoms with Gasteiger partial charge in [-0.3, -0.25) is 4.79 Å². The second-order valence-electron chi connectivity index (χ2n) is 6.88. The lowest BCUT2D eigenvalue weighted by atomic mass is 10.1. The fourth-order valence-corrected chi connectivity index (χ4v) is 3.91. The Hall–Kier alpha value is -1.93. The van der Waals surface area contributed by atoms with Crippen LogP contribution in [0.5, 0.6) is 0 Å². The summed E-state index contributed by atoms with van der Waals surface area (Å²) in [5.41, 5.74) is 3.33. The quantitative estimate of drug-likeness (QED) is 0.722. The Balaban J connectivity index is 1.55. The third-order valence-corrected chi connectivity index (χ3v) is 5.99. The summed E-state index contributed by atoms with van der Waals surface area (Å²) in [6.07, 6.45) is 2.11. The maximum Gasteiger partial charge on any atom is 0.230 e. The van der Waals surface area contributed by atoms with Crippen molar-refractivity contribution >= 4 is 17.7 Å². The number of aromatic nitrogens is 4. The number of nitrogens with one attached hydrogen (secondary N) is 2. The zero-order valence-electron chi connectivity index (χ0n) is 15.7. The first-order valence-electron chi connectivity index (χ1n) is 9.18. The monoisotopic (exact) mass is 375 g/mol. The average Bonchev–Trinajstić information content (AvgIpc) is 3.11. The fourth-order valence-electron chi connectivity index (χ4n) is 3.21. The molecule has 0 spiro atoms. The van der Waals surface area contributed by atoms with Crippen molar-refractivity contribution in [3.8, 4) is 5.69 Å². The van der Waals surface area contributed by atoms with E-state index in [-0.39, 0.29) is 5.91 Å². The zero-order chi connectivity index (χ0) is 18.5. The summed E-state index contributed by atoms with van der Waals surface area (Å²) < 4.78 is 1.69. The molecule has 1 amide bonds. The van der Waals surface area contributed by atoms with E-state index in [9.17, 15) is 4.79 Å². The SMILES string of the molecule is CC[NH+]1CCC(NC(=O)CSc2nnnn2-c2ccc(C)c(C)c2)CC1. The topological polar surface area (TPSA) is 77.1 Å². The van der Waals surface area contributed by atoms with Crippen molar-refractivity contribution in [3.05, 3.63) is 29.3 Å². The number of carbonyl (C=O) groups is 1. The summed E-state index contributed by atoms with van der Waals surface area (Å²) in [5, 5.41) is 15.7. The lowest BCUT2D eigenvalue weighted by molar-refractivity contribution is -0.903. The van der Waals surface area contributed by atoms with Gasteiger partial charge in [-0.25, -0.2) is 0 Å². The molecule has 1 fully saturated rings. The van der Waals surface area contributed by atoms with Gasteiger partial charge >= 0.3 is 0 Å². The van der Waals surface area contributed by atoms with Gasteiger partial charge in [0.05, 0.1) is 31.1 Å². The highest BCUT2D eigenvalue weighted by atomic mass is 32.2. The predicted molar refractivity (Wildman–Crippen MR) is 102 cm³/mol. The van der Waals surface area contributed by atoms with E-state index >= 15 is 0 Å². The summed E-state index contributed by atoms with van der Waals surface area (Å²) >= 11 is 1.37. The van der Waals surface area contributed by atoms with Gasteiger partial charge in [-0.1, -0.05) is 17.8 Å². The Kier molecular flexibility index (Phi) is 6.26. The van der Waals surface area contributed by atoms with Gasteiger partial charge in [-0.2, -0.15) is 4.68 Å². The second kappa shape index (κ2) is 8.64. The van der Waals surface area contributed by atoms with Crippen LogP contribution in [0.1, 0.15) is 30.9 Å². The van der Waals surface area contributed by atoms with Gasteiger partial charge in [0.2, 0.25) is 11.1 Å². The molecule has 26 heavy (non-hydrogen) atoms. The third kappa shape index (κ3) is 4.62. The van der Waals surface area contributed by atoms with Crippen LogP contribution in [0.15, 0.2) is 23.4 Å². The third-order valence-electron chi connectivity index (χ3n) is 5.07. The van der Waals surface area contributed by atoms with E-state index in [1.165, 1.54) is 22.9 Å². The highest BCUT2D eigenvalue weighted by molar-refractivity contribution is 7.99. The number of nitrogens with zero attached hydrogens (tertiary/aromatic N) is 4. The van der Waals surface area contributed by atoms with Crippen LogP contribution in [-0.4, -0.2) is 57.5 Å². The van der Waals surface area contributed by atoms with Crippen LogP contribution >= 0.6 is 11.8 Å². The molecule has 3 rings (SSSR count). The Labute approximate surface area is 158 Å². The van der Waals surface area contributed by atoms with Crippen LogP contribution in [0.25, 0.3) is 5.69 Å². The van der Waals surface area contributed by atoms with Crippen molar-refractivity contribution in [2.24, 2.45) is 0 Å². The molecule has 2 N–H and O–H groups in total. The second-order valence-corrected chi connectivity index (χ2v) is 7.82. The normalized spacial score (nSPS) is 20.1. The van der Waals surface area contributed by atoms with Crippen LogP contribution in [-0.2, 0) is 4.79 Å². The number of quaternary nitrogens is 1. The van der Waals surface area contributed by atoms with E-state index in [4.69, 9.17) is 0 Å². The molecule has 140 valence electrons. The lowest BCUT2D eigenvalue weighted by Gasteiger charge is -2.28. The number of piperidine rings is 1. The summed E-state index contributed by atoms with van der Waals surface area (Å²) in [6.45, 7) is 9.79. The molecule has 8 heteroatoms. The Morgan fingerprint density at radius 3 is 2.77 bits per heavy atom. The number of aryl methyl sites for hydroxylation is 2. The molecule has 0 saturated carbocycles. The largest absolute Gasteiger partial charge is 0.352 e. The van der Waals surface area contributed by atoms with Gasteiger partial charge < -0.3 is 10.2 Å². The van der Waals surface area contributed by atoms with Crippen molar-refractivity contribution in [1.82, 2.24) is 25.5 Å². The predicted octanol–water partition coefficient (Wildman–Crippen LogP) is 0.555. The number of benzene rings is 1. The van der Waals surface area contributed by atoms with Gasteiger partial charge in [0.15, 0.2) is 0 Å². The van der Waals surface area contributed by atoms with Crippen molar-refractivity contribution in [1.29, 1.82) is 0 Å². The zero-order valence-corrected chi connectivity index (χ0v) is 16.5. The van der Waals surface area contributed by atoms with Gasteiger partial charge in [0.25, 0.3) is 0 Å². The maximum absolute atomic E-state index is 12.3. The number of tetrazole rings is 1. The van der Waals surface area contributed by atoms with Crippen LogP contribution in [0.2, 0.25) is 0 Å². The van der Waals surface area contributed by atoms with Gasteiger partial charge in [0, 0.05) is 18.9 Å². The van der Waals surface area contributed by atoms with Crippen LogP contribution in [0, 0.1) is 13.8 Å². The highest BCUT2D eigenvalue weighted by Crippen LogP contribution is 2.20. The molecule has 1 aromatic carbocycles. The van der Waals surface area contributed by atoms with E-state index in [1.54, 1.807) is 9.58 Å². The molecule has 7 nitrogen and oxygen atoms in total. The molecule has 1 aliphatic rings. The molecule has 1 aliphatic heterocycles. The number of hydrogen-bond donors (Lipinski definition) is 2. The molecule has 1 saturated heterocycles. The molecule has 0 atom stereocenters. The Morgan fingerprint density at radius 1 is 1.31 bits per heavy atom. The summed E-state index contributed by atoms with van der Waals surface area (Å²) in [4.78, 5) is 13.9. The Bertz CT molecular complexity index is 754. The van der Waals surface area contributed by atoms with Gasteiger partial charge in [-0.05, 0) is 54.5 Å². The smallest absolute Gasteiger partial charge is 0.230 e. The summed E-state index contributed by atoms with van der Waals surface area (Å²) in [5.74, 6) is 0.376. The van der Waals surface area contributed by atoms with Crippen LogP contribution in [0.3, 0.4) is 0 Å². The molecular weight excluding hydrogens is 348 g/mol. The molecule has 0 unspecified atom stereocenters. The molecular formula is C18H27N6OS+. The first kappa shape index (κ1) is 18.8. The van der Waals surface area contributed by atoms with E-state index < -0.39 is 0 Å². The molecule has 2 aromatic rings. The van der Waals surface area contributed by atoms with Gasteiger partial charge in [0.1, 0.15) is 0 Å². The lowest BCUT2D eigenvalue weighted by Crippen LogP contribution is -3.13. The average molecular weight is 376 g/mol. The van der Waals surface area contributed by atoms with Crippen molar-refractivity contribution in [2.75, 3.05) is 25.4 Å². The summed E-state index contributed by atoms with van der Waals surface area (Å²) in [7, 11) is 0. The van der Waals surface area contributed by atoms with Gasteiger partial charge in [-0.15, -0.1) is 5.10 Å².